The van der Waals surface area contributed by atoms with E-state index < -0.39 is 10.0 Å². The highest BCUT2D eigenvalue weighted by atomic mass is 32.2. The molecule has 26 heavy (non-hydrogen) atoms. The van der Waals surface area contributed by atoms with Crippen molar-refractivity contribution in [3.8, 4) is 5.75 Å². The molecule has 0 unspecified atom stereocenters. The molecule has 0 spiro atoms. The Labute approximate surface area is 153 Å². The molecule has 1 aromatic rings. The van der Waals surface area contributed by atoms with Crippen molar-refractivity contribution < 1.29 is 22.7 Å². The number of nitrogens with zero attached hydrogens (tertiary/aromatic N) is 2. The van der Waals surface area contributed by atoms with Crippen LogP contribution in [0.3, 0.4) is 0 Å². The summed E-state index contributed by atoms with van der Waals surface area (Å²) in [5, 5.41) is 4.94. The molecule has 0 aromatic heterocycles. The topological polar surface area (TPSA) is 108 Å². The number of piperazine rings is 1. The van der Waals surface area contributed by atoms with E-state index in [0.29, 0.717) is 31.9 Å². The van der Waals surface area contributed by atoms with Crippen LogP contribution in [0.1, 0.15) is 0 Å². The molecule has 144 valence electrons. The summed E-state index contributed by atoms with van der Waals surface area (Å²) in [6.45, 7) is 1.56. The highest BCUT2D eigenvalue weighted by Crippen LogP contribution is 2.20. The number of hydrogen-bond donors (Lipinski definition) is 2. The quantitative estimate of drug-likeness (QED) is 0.616. The first-order valence-corrected chi connectivity index (χ1v) is 9.64. The van der Waals surface area contributed by atoms with Crippen LogP contribution < -0.4 is 15.4 Å². The number of nitrogens with one attached hydrogen (secondary N) is 2. The average Bonchev–Trinajstić information content (AvgIpc) is 2.66. The van der Waals surface area contributed by atoms with Crippen molar-refractivity contribution in [3.05, 3.63) is 24.3 Å². The van der Waals surface area contributed by atoms with Crippen LogP contribution >= 0.6 is 0 Å². The maximum Gasteiger partial charge on any atom is 0.243 e. The minimum absolute atomic E-state index is 0.0683. The van der Waals surface area contributed by atoms with Gasteiger partial charge in [0.1, 0.15) is 5.75 Å². The van der Waals surface area contributed by atoms with Crippen LogP contribution in [0.4, 0.5) is 0 Å². The summed E-state index contributed by atoms with van der Waals surface area (Å²) >= 11 is 0. The van der Waals surface area contributed by atoms with Gasteiger partial charge in [-0.1, -0.05) is 0 Å². The first kappa shape index (κ1) is 20.1. The van der Waals surface area contributed by atoms with Gasteiger partial charge < -0.3 is 15.4 Å². The Kier molecular flexibility index (Phi) is 6.95. The molecule has 1 aliphatic rings. The van der Waals surface area contributed by atoms with E-state index in [9.17, 15) is 18.0 Å². The Morgan fingerprint density at radius 2 is 1.69 bits per heavy atom. The van der Waals surface area contributed by atoms with Crippen LogP contribution in [0, 0.1) is 0 Å². The van der Waals surface area contributed by atoms with Gasteiger partial charge in [0.2, 0.25) is 21.8 Å². The normalized spacial score (nSPS) is 16.1. The van der Waals surface area contributed by atoms with Gasteiger partial charge in [-0.2, -0.15) is 4.31 Å². The lowest BCUT2D eigenvalue weighted by molar-refractivity contribution is -0.126. The Bertz CT molecular complexity index is 728. The number of carbonyl (C=O) groups is 2. The van der Waals surface area contributed by atoms with E-state index in [-0.39, 0.29) is 29.8 Å². The molecule has 2 amide bonds. The van der Waals surface area contributed by atoms with Crippen LogP contribution in [0.25, 0.3) is 0 Å². The fraction of sp³-hybridized carbons (Fsp3) is 0.500. The van der Waals surface area contributed by atoms with E-state index in [4.69, 9.17) is 4.74 Å². The minimum atomic E-state index is -3.57. The summed E-state index contributed by atoms with van der Waals surface area (Å²) in [6, 6.07) is 6.26. The number of likely N-dealkylation sites (N-methyl/N-ethyl adjacent to an activating group) is 1. The average molecular weight is 384 g/mol. The van der Waals surface area contributed by atoms with Crippen molar-refractivity contribution in [2.24, 2.45) is 0 Å². The van der Waals surface area contributed by atoms with Crippen molar-refractivity contribution in [2.75, 3.05) is 53.4 Å². The van der Waals surface area contributed by atoms with Crippen LogP contribution in [-0.4, -0.2) is 82.9 Å². The molecule has 0 aliphatic carbocycles. The third-order valence-corrected chi connectivity index (χ3v) is 6.03. The molecule has 2 rings (SSSR count). The van der Waals surface area contributed by atoms with E-state index in [0.717, 1.165) is 0 Å². The Hall–Kier alpha value is -2.17. The van der Waals surface area contributed by atoms with Crippen LogP contribution in [-0.2, 0) is 19.6 Å². The summed E-state index contributed by atoms with van der Waals surface area (Å²) in [7, 11) is -0.548. The predicted molar refractivity (Wildman–Crippen MR) is 95.3 cm³/mol. The van der Waals surface area contributed by atoms with Crippen LogP contribution in [0.5, 0.6) is 5.75 Å². The number of ether oxygens (including phenoxy) is 1. The first-order chi connectivity index (χ1) is 12.4. The molecule has 0 saturated carbocycles. The van der Waals surface area contributed by atoms with Gasteiger partial charge in [0.15, 0.2) is 0 Å². The molecule has 0 atom stereocenters. The molecule has 10 heteroatoms. The lowest BCUT2D eigenvalue weighted by Crippen LogP contribution is -2.51. The number of sulfonamides is 1. The van der Waals surface area contributed by atoms with E-state index >= 15 is 0 Å². The molecule has 1 heterocycles. The maximum atomic E-state index is 12.7. The van der Waals surface area contributed by atoms with Crippen molar-refractivity contribution in [1.82, 2.24) is 19.8 Å². The number of rotatable bonds is 7. The standard InChI is InChI=1S/C16H24N4O5S/c1-17-15(21)11-18-16(22)12-19-7-9-20(10-8-19)26(23,24)14-5-3-13(25-2)4-6-14/h3-6H,7-12H2,1-2H3,(H,17,21)(H,18,22). The molecule has 1 aromatic carbocycles. The zero-order valence-electron chi connectivity index (χ0n) is 14.9. The van der Waals surface area contributed by atoms with Crippen molar-refractivity contribution in [3.63, 3.8) is 0 Å². The number of methoxy groups -OCH3 is 1. The fourth-order valence-electron chi connectivity index (χ4n) is 2.55. The molecule has 0 radical (unpaired) electrons. The molecule has 1 saturated heterocycles. The third-order valence-electron chi connectivity index (χ3n) is 4.12. The summed E-state index contributed by atoms with van der Waals surface area (Å²) in [5.41, 5.74) is 0. The summed E-state index contributed by atoms with van der Waals surface area (Å²) in [5.74, 6) is 0.0605. The van der Waals surface area contributed by atoms with Crippen molar-refractivity contribution >= 4 is 21.8 Å². The number of hydrogen-bond acceptors (Lipinski definition) is 6. The second-order valence-electron chi connectivity index (χ2n) is 5.81. The smallest absolute Gasteiger partial charge is 0.243 e. The van der Waals surface area contributed by atoms with E-state index in [1.807, 2.05) is 4.90 Å². The second-order valence-corrected chi connectivity index (χ2v) is 7.74. The Morgan fingerprint density at radius 3 is 2.23 bits per heavy atom. The molecule has 2 N–H and O–H groups in total. The zero-order chi connectivity index (χ0) is 19.2. The van der Waals surface area contributed by atoms with Crippen LogP contribution in [0.15, 0.2) is 29.2 Å². The highest BCUT2D eigenvalue weighted by molar-refractivity contribution is 7.89. The number of amides is 2. The van der Waals surface area contributed by atoms with Crippen molar-refractivity contribution in [1.29, 1.82) is 0 Å². The molecule has 9 nitrogen and oxygen atoms in total. The predicted octanol–water partition coefficient (Wildman–Crippen LogP) is -1.14. The minimum Gasteiger partial charge on any atom is -0.497 e. The zero-order valence-corrected chi connectivity index (χ0v) is 15.7. The summed E-state index contributed by atoms with van der Waals surface area (Å²) < 4.78 is 31.8. The lowest BCUT2D eigenvalue weighted by atomic mass is 10.3. The van der Waals surface area contributed by atoms with Crippen molar-refractivity contribution in [2.45, 2.75) is 4.90 Å². The first-order valence-electron chi connectivity index (χ1n) is 8.20. The molecular weight excluding hydrogens is 360 g/mol. The van der Waals surface area contributed by atoms with E-state index in [1.165, 1.54) is 30.6 Å². The maximum absolute atomic E-state index is 12.7. The lowest BCUT2D eigenvalue weighted by Gasteiger charge is -2.33. The molecular formula is C16H24N4O5S. The van der Waals surface area contributed by atoms with Crippen LogP contribution in [0.2, 0.25) is 0 Å². The monoisotopic (exact) mass is 384 g/mol. The second kappa shape index (κ2) is 8.97. The van der Waals surface area contributed by atoms with Gasteiger partial charge in [-0.3, -0.25) is 14.5 Å². The van der Waals surface area contributed by atoms with Gasteiger partial charge >= 0.3 is 0 Å². The summed E-state index contributed by atoms with van der Waals surface area (Å²) in [4.78, 5) is 25.0. The fourth-order valence-corrected chi connectivity index (χ4v) is 3.97. The molecule has 1 fully saturated rings. The SMILES string of the molecule is CNC(=O)CNC(=O)CN1CCN(S(=O)(=O)c2ccc(OC)cc2)CC1. The molecule has 1 aliphatic heterocycles. The van der Waals surface area contributed by atoms with Gasteiger partial charge in [-0.05, 0) is 24.3 Å². The Morgan fingerprint density at radius 1 is 1.08 bits per heavy atom. The van der Waals surface area contributed by atoms with E-state index in [1.54, 1.807) is 12.1 Å². The number of benzene rings is 1. The van der Waals surface area contributed by atoms with Gasteiger partial charge in [0, 0.05) is 33.2 Å². The highest BCUT2D eigenvalue weighted by Gasteiger charge is 2.29. The van der Waals surface area contributed by atoms with Gasteiger partial charge in [-0.25, -0.2) is 8.42 Å². The van der Waals surface area contributed by atoms with Gasteiger partial charge in [0.05, 0.1) is 25.1 Å². The van der Waals surface area contributed by atoms with Gasteiger partial charge in [0.25, 0.3) is 0 Å². The molecule has 0 bridgehead atoms. The third kappa shape index (κ3) is 5.16. The largest absolute Gasteiger partial charge is 0.497 e. The van der Waals surface area contributed by atoms with E-state index in [2.05, 4.69) is 10.6 Å². The summed E-state index contributed by atoms with van der Waals surface area (Å²) in [6.07, 6.45) is 0. The Balaban J connectivity index is 1.86. The number of carbonyl (C=O) groups excluding carboxylic acids is 2. The van der Waals surface area contributed by atoms with Gasteiger partial charge in [-0.15, -0.1) is 0 Å².